The Morgan fingerprint density at radius 1 is 1.33 bits per heavy atom. The van der Waals surface area contributed by atoms with Gasteiger partial charge in [0.25, 0.3) is 0 Å². The number of nitrogens with two attached hydrogens (primary N) is 1. The molecule has 21 heavy (non-hydrogen) atoms. The molecule has 0 spiro atoms. The first-order valence-electron chi connectivity index (χ1n) is 6.48. The van der Waals surface area contributed by atoms with Gasteiger partial charge in [0.15, 0.2) is 0 Å². The maximum atomic E-state index is 14.0. The van der Waals surface area contributed by atoms with Crippen molar-refractivity contribution in [3.05, 3.63) is 47.5 Å². The minimum absolute atomic E-state index is 0.236. The van der Waals surface area contributed by atoms with Gasteiger partial charge >= 0.3 is 6.18 Å². The van der Waals surface area contributed by atoms with Crippen LogP contribution in [0.3, 0.4) is 0 Å². The van der Waals surface area contributed by atoms with Gasteiger partial charge in [0.1, 0.15) is 5.82 Å². The summed E-state index contributed by atoms with van der Waals surface area (Å²) in [6, 6.07) is 3.95. The lowest BCUT2D eigenvalue weighted by Crippen LogP contribution is -2.23. The van der Waals surface area contributed by atoms with Gasteiger partial charge in [-0.2, -0.15) is 18.3 Å². The average Bonchev–Trinajstić information content (AvgIpc) is 2.90. The van der Waals surface area contributed by atoms with Crippen molar-refractivity contribution < 1.29 is 17.6 Å². The van der Waals surface area contributed by atoms with Gasteiger partial charge in [0, 0.05) is 17.8 Å². The lowest BCUT2D eigenvalue weighted by Gasteiger charge is -2.14. The Hall–Kier alpha value is -1.89. The van der Waals surface area contributed by atoms with Crippen molar-refractivity contribution in [2.75, 3.05) is 0 Å². The van der Waals surface area contributed by atoms with E-state index in [4.69, 9.17) is 5.73 Å². The number of hydrogen-bond donors (Lipinski definition) is 1. The highest BCUT2D eigenvalue weighted by Crippen LogP contribution is 2.30. The van der Waals surface area contributed by atoms with E-state index in [-0.39, 0.29) is 23.7 Å². The summed E-state index contributed by atoms with van der Waals surface area (Å²) in [5.41, 5.74) is 5.48. The van der Waals surface area contributed by atoms with Gasteiger partial charge < -0.3 is 5.73 Å². The van der Waals surface area contributed by atoms with Crippen LogP contribution >= 0.6 is 0 Å². The van der Waals surface area contributed by atoms with Crippen LogP contribution in [0.4, 0.5) is 17.6 Å². The Bertz CT molecular complexity index is 619. The molecule has 2 N–H and O–H groups in total. The Balaban J connectivity index is 2.44. The highest BCUT2D eigenvalue weighted by Gasteiger charge is 2.32. The van der Waals surface area contributed by atoms with Crippen molar-refractivity contribution >= 4 is 0 Å². The Morgan fingerprint density at radius 3 is 2.62 bits per heavy atom. The quantitative estimate of drug-likeness (QED) is 0.881. The van der Waals surface area contributed by atoms with E-state index < -0.39 is 17.6 Å². The molecule has 0 saturated carbocycles. The van der Waals surface area contributed by atoms with Crippen molar-refractivity contribution in [1.29, 1.82) is 0 Å². The number of halogens is 4. The van der Waals surface area contributed by atoms with E-state index >= 15 is 0 Å². The maximum Gasteiger partial charge on any atom is 0.419 e. The first-order valence-corrected chi connectivity index (χ1v) is 6.48. The molecule has 0 bridgehead atoms. The fourth-order valence-corrected chi connectivity index (χ4v) is 1.97. The second-order valence-electron chi connectivity index (χ2n) is 4.78. The normalized spacial score (nSPS) is 13.4. The lowest BCUT2D eigenvalue weighted by atomic mass is 10.0. The molecule has 7 heteroatoms. The molecule has 3 nitrogen and oxygen atoms in total. The van der Waals surface area contributed by atoms with E-state index in [1.54, 1.807) is 0 Å². The van der Waals surface area contributed by atoms with E-state index in [2.05, 4.69) is 5.10 Å². The number of hydrogen-bond acceptors (Lipinski definition) is 2. The van der Waals surface area contributed by atoms with Gasteiger partial charge in [-0.3, -0.25) is 0 Å². The molecule has 1 heterocycles. The van der Waals surface area contributed by atoms with E-state index in [9.17, 15) is 17.6 Å². The Kier molecular flexibility index (Phi) is 4.32. The molecule has 0 aliphatic carbocycles. The Labute approximate surface area is 119 Å². The molecule has 0 radical (unpaired) electrons. The molecule has 2 rings (SSSR count). The van der Waals surface area contributed by atoms with Gasteiger partial charge in [-0.05, 0) is 25.0 Å². The van der Waals surface area contributed by atoms with Crippen molar-refractivity contribution in [1.82, 2.24) is 9.78 Å². The molecular formula is C14H15F4N3. The van der Waals surface area contributed by atoms with Crippen LogP contribution in [0.5, 0.6) is 0 Å². The van der Waals surface area contributed by atoms with E-state index in [0.29, 0.717) is 12.6 Å². The van der Waals surface area contributed by atoms with Gasteiger partial charge in [-0.15, -0.1) is 0 Å². The molecule has 0 aliphatic rings. The number of aromatic nitrogens is 2. The van der Waals surface area contributed by atoms with Crippen LogP contribution in [0.1, 0.15) is 24.5 Å². The van der Waals surface area contributed by atoms with E-state index in [1.807, 2.05) is 6.92 Å². The Morgan fingerprint density at radius 2 is 2.05 bits per heavy atom. The van der Waals surface area contributed by atoms with E-state index in [1.165, 1.54) is 18.2 Å². The number of rotatable bonds is 4. The molecule has 1 aromatic carbocycles. The van der Waals surface area contributed by atoms with Crippen LogP contribution in [0.25, 0.3) is 5.69 Å². The molecule has 1 unspecified atom stereocenters. The minimum atomic E-state index is -4.48. The summed E-state index contributed by atoms with van der Waals surface area (Å²) in [6.07, 6.45) is -2.05. The molecule has 2 aromatic rings. The number of alkyl halides is 3. The largest absolute Gasteiger partial charge is 0.419 e. The second kappa shape index (κ2) is 5.85. The predicted molar refractivity (Wildman–Crippen MR) is 70.5 cm³/mol. The van der Waals surface area contributed by atoms with Crippen LogP contribution in [0.15, 0.2) is 30.6 Å². The third kappa shape index (κ3) is 3.41. The molecule has 1 aromatic heterocycles. The number of nitrogens with zero attached hydrogens (tertiary/aromatic N) is 2. The second-order valence-corrected chi connectivity index (χ2v) is 4.78. The summed E-state index contributed by atoms with van der Waals surface area (Å²) in [5.74, 6) is -0.500. The topological polar surface area (TPSA) is 43.8 Å². The molecule has 0 fully saturated rings. The monoisotopic (exact) mass is 301 g/mol. The first kappa shape index (κ1) is 15.5. The first-order chi connectivity index (χ1) is 9.82. The third-order valence-electron chi connectivity index (χ3n) is 3.24. The van der Waals surface area contributed by atoms with Crippen LogP contribution in [-0.4, -0.2) is 15.8 Å². The van der Waals surface area contributed by atoms with E-state index in [0.717, 1.165) is 10.9 Å². The molecule has 1 atom stereocenters. The zero-order valence-electron chi connectivity index (χ0n) is 11.4. The molecule has 0 aliphatic heterocycles. The van der Waals surface area contributed by atoms with Gasteiger partial charge in [0.2, 0.25) is 0 Å². The number of benzene rings is 1. The van der Waals surface area contributed by atoms with Gasteiger partial charge in [-0.1, -0.05) is 13.0 Å². The summed E-state index contributed by atoms with van der Waals surface area (Å²) in [6.45, 7) is 1.86. The van der Waals surface area contributed by atoms with Crippen molar-refractivity contribution in [2.24, 2.45) is 5.73 Å². The summed E-state index contributed by atoms with van der Waals surface area (Å²) in [5, 5.41) is 3.68. The fourth-order valence-electron chi connectivity index (χ4n) is 1.97. The molecule has 0 amide bonds. The molecular weight excluding hydrogens is 286 g/mol. The van der Waals surface area contributed by atoms with Crippen LogP contribution < -0.4 is 5.73 Å². The summed E-state index contributed by atoms with van der Waals surface area (Å²) in [4.78, 5) is 0. The van der Waals surface area contributed by atoms with Crippen molar-refractivity contribution in [3.63, 3.8) is 0 Å². The smallest absolute Gasteiger partial charge is 0.327 e. The maximum absolute atomic E-state index is 14.0. The SMILES string of the molecule is CCC(N)Cc1c(F)cccc1-n1cc(C(F)(F)F)cn1. The average molecular weight is 301 g/mol. The van der Waals surface area contributed by atoms with Crippen molar-refractivity contribution in [2.45, 2.75) is 32.0 Å². The lowest BCUT2D eigenvalue weighted by molar-refractivity contribution is -0.137. The summed E-state index contributed by atoms with van der Waals surface area (Å²) in [7, 11) is 0. The fraction of sp³-hybridized carbons (Fsp3) is 0.357. The minimum Gasteiger partial charge on any atom is -0.327 e. The third-order valence-corrected chi connectivity index (χ3v) is 3.24. The van der Waals surface area contributed by atoms with Gasteiger partial charge in [0.05, 0.1) is 17.4 Å². The standard InChI is InChI=1S/C14H15F4N3/c1-2-10(19)6-11-12(15)4-3-5-13(11)21-8-9(7-20-21)14(16,17)18/h3-5,7-8,10H,2,6,19H2,1H3. The van der Waals surface area contributed by atoms with Gasteiger partial charge in [-0.25, -0.2) is 9.07 Å². The molecule has 114 valence electrons. The summed E-state index contributed by atoms with van der Waals surface area (Å²) >= 11 is 0. The highest BCUT2D eigenvalue weighted by atomic mass is 19.4. The summed E-state index contributed by atoms with van der Waals surface area (Å²) < 4.78 is 52.8. The van der Waals surface area contributed by atoms with Crippen LogP contribution in [0.2, 0.25) is 0 Å². The highest BCUT2D eigenvalue weighted by molar-refractivity contribution is 5.42. The molecule has 0 saturated heterocycles. The van der Waals surface area contributed by atoms with Crippen LogP contribution in [0, 0.1) is 5.82 Å². The predicted octanol–water partition coefficient (Wildman–Crippen LogP) is 3.31. The zero-order valence-corrected chi connectivity index (χ0v) is 11.4. The van der Waals surface area contributed by atoms with Crippen LogP contribution in [-0.2, 0) is 12.6 Å². The van der Waals surface area contributed by atoms with Crippen molar-refractivity contribution in [3.8, 4) is 5.69 Å². The zero-order chi connectivity index (χ0) is 15.6.